The number of aromatic nitrogens is 2. The molecule has 8 heteroatoms. The van der Waals surface area contributed by atoms with Crippen molar-refractivity contribution in [3.63, 3.8) is 0 Å². The Labute approximate surface area is 172 Å². The smallest absolute Gasteiger partial charge is 0.230 e. The van der Waals surface area contributed by atoms with Gasteiger partial charge in [0.05, 0.1) is 5.41 Å². The molecule has 2 amide bonds. The van der Waals surface area contributed by atoms with Gasteiger partial charge in [0, 0.05) is 77.7 Å². The first-order valence-electron chi connectivity index (χ1n) is 10.6. The highest BCUT2D eigenvalue weighted by atomic mass is 16.5. The van der Waals surface area contributed by atoms with Gasteiger partial charge >= 0.3 is 0 Å². The van der Waals surface area contributed by atoms with E-state index in [2.05, 4.69) is 14.9 Å². The fourth-order valence-corrected chi connectivity index (χ4v) is 5.24. The van der Waals surface area contributed by atoms with Crippen LogP contribution in [0.5, 0.6) is 0 Å². The lowest BCUT2D eigenvalue weighted by molar-refractivity contribution is -0.143. The van der Waals surface area contributed by atoms with E-state index in [1.54, 1.807) is 23.4 Å². The Balaban J connectivity index is 1.58. The zero-order valence-corrected chi connectivity index (χ0v) is 17.4. The van der Waals surface area contributed by atoms with Gasteiger partial charge in [0.2, 0.25) is 17.8 Å². The standard InChI is InChI=1S/C21H31N5O3/c1-24(2)19(28)21-7-3-10-25(18(27)16-5-11-29-12-6-16)13-17(21)14-26(15-21)20-22-8-4-9-23-20/h4,8-9,16-17H,3,5-7,10-15H2,1-2H3/t17-,21-/m1/s1. The number of likely N-dealkylation sites (tertiary alicyclic amines) is 1. The second-order valence-electron chi connectivity index (χ2n) is 8.76. The average Bonchev–Trinajstić information content (AvgIpc) is 3.02. The summed E-state index contributed by atoms with van der Waals surface area (Å²) in [5, 5.41) is 0. The Bertz CT molecular complexity index is 737. The van der Waals surface area contributed by atoms with E-state index in [1.165, 1.54) is 0 Å². The van der Waals surface area contributed by atoms with Gasteiger partial charge in [0.1, 0.15) is 0 Å². The van der Waals surface area contributed by atoms with Crippen molar-refractivity contribution in [1.29, 1.82) is 0 Å². The second kappa shape index (κ2) is 8.26. The molecular weight excluding hydrogens is 370 g/mol. The summed E-state index contributed by atoms with van der Waals surface area (Å²) in [4.78, 5) is 41.2. The van der Waals surface area contributed by atoms with E-state index in [0.29, 0.717) is 38.8 Å². The van der Waals surface area contributed by atoms with Crippen LogP contribution in [0.2, 0.25) is 0 Å². The third kappa shape index (κ3) is 3.82. The van der Waals surface area contributed by atoms with Crippen molar-refractivity contribution in [3.05, 3.63) is 18.5 Å². The van der Waals surface area contributed by atoms with E-state index in [-0.39, 0.29) is 23.7 Å². The molecule has 0 saturated carbocycles. The summed E-state index contributed by atoms with van der Waals surface area (Å²) in [5.74, 6) is 1.18. The Morgan fingerprint density at radius 1 is 1.17 bits per heavy atom. The normalized spacial score (nSPS) is 28.0. The lowest BCUT2D eigenvalue weighted by Gasteiger charge is -2.35. The summed E-state index contributed by atoms with van der Waals surface area (Å²) in [7, 11) is 3.65. The number of hydrogen-bond acceptors (Lipinski definition) is 6. The van der Waals surface area contributed by atoms with Gasteiger partial charge in [-0.05, 0) is 31.7 Å². The molecule has 0 aromatic carbocycles. The minimum Gasteiger partial charge on any atom is -0.381 e. The zero-order valence-electron chi connectivity index (χ0n) is 17.4. The molecule has 4 heterocycles. The molecule has 0 spiro atoms. The number of carbonyl (C=O) groups excluding carboxylic acids is 2. The number of nitrogens with zero attached hydrogens (tertiary/aromatic N) is 5. The van der Waals surface area contributed by atoms with Gasteiger partial charge in [-0.15, -0.1) is 0 Å². The minimum absolute atomic E-state index is 0.0516. The van der Waals surface area contributed by atoms with Crippen molar-refractivity contribution in [2.24, 2.45) is 17.3 Å². The zero-order chi connectivity index (χ0) is 20.4. The fourth-order valence-electron chi connectivity index (χ4n) is 5.24. The summed E-state index contributed by atoms with van der Waals surface area (Å²) < 4.78 is 5.43. The highest BCUT2D eigenvalue weighted by Crippen LogP contribution is 2.45. The van der Waals surface area contributed by atoms with Gasteiger partial charge in [0.15, 0.2) is 0 Å². The predicted molar refractivity (Wildman–Crippen MR) is 108 cm³/mol. The molecule has 0 radical (unpaired) electrons. The van der Waals surface area contributed by atoms with Gasteiger partial charge in [-0.25, -0.2) is 9.97 Å². The summed E-state index contributed by atoms with van der Waals surface area (Å²) in [6.07, 6.45) is 6.69. The topological polar surface area (TPSA) is 78.9 Å². The van der Waals surface area contributed by atoms with E-state index in [4.69, 9.17) is 4.74 Å². The summed E-state index contributed by atoms with van der Waals surface area (Å²) >= 11 is 0. The summed E-state index contributed by atoms with van der Waals surface area (Å²) in [5.41, 5.74) is -0.493. The molecule has 0 aliphatic carbocycles. The Kier molecular flexibility index (Phi) is 5.72. The second-order valence-corrected chi connectivity index (χ2v) is 8.76. The average molecular weight is 402 g/mol. The number of amides is 2. The van der Waals surface area contributed by atoms with Gasteiger partial charge in [-0.1, -0.05) is 0 Å². The van der Waals surface area contributed by atoms with Crippen LogP contribution in [0.15, 0.2) is 18.5 Å². The van der Waals surface area contributed by atoms with Gasteiger partial charge in [-0.2, -0.15) is 0 Å². The molecule has 4 rings (SSSR count). The number of anilines is 1. The first kappa shape index (κ1) is 20.1. The van der Waals surface area contributed by atoms with Gasteiger partial charge in [0.25, 0.3) is 0 Å². The maximum absolute atomic E-state index is 13.3. The van der Waals surface area contributed by atoms with Gasteiger partial charge in [-0.3, -0.25) is 9.59 Å². The first-order chi connectivity index (χ1) is 14.0. The highest BCUT2D eigenvalue weighted by molar-refractivity contribution is 5.85. The molecule has 0 N–H and O–H groups in total. The van der Waals surface area contributed by atoms with Crippen molar-refractivity contribution in [3.8, 4) is 0 Å². The van der Waals surface area contributed by atoms with E-state index in [0.717, 1.165) is 32.2 Å². The summed E-state index contributed by atoms with van der Waals surface area (Å²) in [6, 6.07) is 1.80. The van der Waals surface area contributed by atoms with Crippen LogP contribution in [0.3, 0.4) is 0 Å². The molecule has 3 saturated heterocycles. The molecule has 0 bridgehead atoms. The molecule has 0 unspecified atom stereocenters. The third-order valence-corrected chi connectivity index (χ3v) is 6.74. The van der Waals surface area contributed by atoms with Crippen LogP contribution >= 0.6 is 0 Å². The van der Waals surface area contributed by atoms with E-state index in [9.17, 15) is 9.59 Å². The van der Waals surface area contributed by atoms with Crippen LogP contribution in [-0.2, 0) is 14.3 Å². The molecule has 1 aromatic heterocycles. The highest BCUT2D eigenvalue weighted by Gasteiger charge is 2.54. The third-order valence-electron chi connectivity index (χ3n) is 6.74. The number of ether oxygens (including phenoxy) is 1. The molecule has 2 atom stereocenters. The van der Waals surface area contributed by atoms with Crippen LogP contribution in [0.1, 0.15) is 25.7 Å². The van der Waals surface area contributed by atoms with E-state index in [1.807, 2.05) is 19.0 Å². The van der Waals surface area contributed by atoms with Crippen molar-refractivity contribution in [2.45, 2.75) is 25.7 Å². The van der Waals surface area contributed by atoms with E-state index < -0.39 is 5.41 Å². The van der Waals surface area contributed by atoms with Crippen molar-refractivity contribution in [1.82, 2.24) is 19.8 Å². The minimum atomic E-state index is -0.493. The van der Waals surface area contributed by atoms with Crippen LogP contribution < -0.4 is 4.90 Å². The van der Waals surface area contributed by atoms with Crippen molar-refractivity contribution < 1.29 is 14.3 Å². The van der Waals surface area contributed by atoms with Crippen molar-refractivity contribution in [2.75, 3.05) is 58.4 Å². The lowest BCUT2D eigenvalue weighted by Crippen LogP contribution is -2.48. The maximum atomic E-state index is 13.3. The number of rotatable bonds is 3. The maximum Gasteiger partial charge on any atom is 0.230 e. The molecule has 3 fully saturated rings. The van der Waals surface area contributed by atoms with Crippen LogP contribution in [-0.4, -0.2) is 85.1 Å². The number of carbonyl (C=O) groups is 2. The Morgan fingerprint density at radius 3 is 2.59 bits per heavy atom. The van der Waals surface area contributed by atoms with Crippen LogP contribution in [0.25, 0.3) is 0 Å². The van der Waals surface area contributed by atoms with Crippen LogP contribution in [0.4, 0.5) is 5.95 Å². The monoisotopic (exact) mass is 401 g/mol. The van der Waals surface area contributed by atoms with Crippen LogP contribution in [0, 0.1) is 17.3 Å². The molecular formula is C21H31N5O3. The molecule has 1 aromatic rings. The van der Waals surface area contributed by atoms with Crippen molar-refractivity contribution >= 4 is 17.8 Å². The first-order valence-corrected chi connectivity index (χ1v) is 10.6. The molecule has 3 aliphatic rings. The predicted octanol–water partition coefficient (Wildman–Crippen LogP) is 1.04. The molecule has 158 valence electrons. The van der Waals surface area contributed by atoms with Gasteiger partial charge < -0.3 is 19.4 Å². The SMILES string of the molecule is CN(C)C(=O)[C@@]12CCCN(C(=O)C3CCOCC3)C[C@@H]1CN(c1ncccn1)C2. The fraction of sp³-hybridized carbons (Fsp3) is 0.714. The lowest BCUT2D eigenvalue weighted by atomic mass is 9.74. The molecule has 8 nitrogen and oxygen atoms in total. The molecule has 29 heavy (non-hydrogen) atoms. The quantitative estimate of drug-likeness (QED) is 0.753. The number of fused-ring (bicyclic) bond motifs is 1. The van der Waals surface area contributed by atoms with E-state index >= 15 is 0 Å². The Morgan fingerprint density at radius 2 is 1.90 bits per heavy atom. The molecule has 3 aliphatic heterocycles. The summed E-state index contributed by atoms with van der Waals surface area (Å²) in [6.45, 7) is 3.99. The Hall–Kier alpha value is -2.22. The number of hydrogen-bond donors (Lipinski definition) is 0. The largest absolute Gasteiger partial charge is 0.381 e.